The maximum atomic E-state index is 5.55. The molecule has 0 aromatic heterocycles. The summed E-state index contributed by atoms with van der Waals surface area (Å²) in [5, 5.41) is 6.81. The van der Waals surface area contributed by atoms with Gasteiger partial charge in [-0.1, -0.05) is 25.3 Å². The summed E-state index contributed by atoms with van der Waals surface area (Å²) in [6.45, 7) is 4.11. The summed E-state index contributed by atoms with van der Waals surface area (Å²) in [6.07, 6.45) is 10.4. The van der Waals surface area contributed by atoms with E-state index in [4.69, 9.17) is 15.9 Å². The number of hydrogen-bond donors (Lipinski definition) is 2. The molecule has 0 bridgehead atoms. The number of benzene rings is 1. The molecule has 1 saturated carbocycles. The molecule has 0 atom stereocenters. The van der Waals surface area contributed by atoms with Gasteiger partial charge < -0.3 is 20.1 Å². The molecular weight excluding hydrogens is 441 g/mol. The third-order valence-electron chi connectivity index (χ3n) is 5.02. The zero-order chi connectivity index (χ0) is 18.1. The summed E-state index contributed by atoms with van der Waals surface area (Å²) in [7, 11) is 3.41. The average Bonchev–Trinajstić information content (AvgIpc) is 2.61. The molecule has 0 unspecified atom stereocenters. The Kier molecular flexibility index (Phi) is 9.63. The number of methoxy groups -OCH3 is 1. The highest BCUT2D eigenvalue weighted by molar-refractivity contribution is 14.0. The summed E-state index contributed by atoms with van der Waals surface area (Å²) in [6, 6.07) is 5.83. The van der Waals surface area contributed by atoms with Crippen LogP contribution in [0.15, 0.2) is 23.2 Å². The van der Waals surface area contributed by atoms with Crippen LogP contribution in [0.1, 0.15) is 38.2 Å². The van der Waals surface area contributed by atoms with Gasteiger partial charge in [0.05, 0.1) is 7.11 Å². The van der Waals surface area contributed by atoms with E-state index in [1.807, 2.05) is 18.2 Å². The molecule has 1 fully saturated rings. The third-order valence-corrected chi connectivity index (χ3v) is 5.02. The Morgan fingerprint density at radius 1 is 1.31 bits per heavy atom. The van der Waals surface area contributed by atoms with Crippen molar-refractivity contribution < 1.29 is 9.47 Å². The lowest BCUT2D eigenvalue weighted by molar-refractivity contribution is 0.131. The second-order valence-electron chi connectivity index (χ2n) is 6.46. The molecule has 0 saturated heterocycles. The lowest BCUT2D eigenvalue weighted by Crippen LogP contribution is -2.46. The van der Waals surface area contributed by atoms with Crippen LogP contribution >= 0.6 is 24.0 Å². The number of nitrogens with one attached hydrogen (secondary N) is 2. The normalized spacial score (nSPS) is 15.1. The first-order valence-electron chi connectivity index (χ1n) is 8.84. The van der Waals surface area contributed by atoms with Crippen LogP contribution in [0, 0.1) is 17.8 Å². The molecule has 26 heavy (non-hydrogen) atoms. The van der Waals surface area contributed by atoms with Crippen LogP contribution in [0.25, 0.3) is 0 Å². The van der Waals surface area contributed by atoms with Crippen molar-refractivity contribution in [3.05, 3.63) is 23.8 Å². The fourth-order valence-corrected chi connectivity index (χ4v) is 3.07. The van der Waals surface area contributed by atoms with Crippen LogP contribution in [0.5, 0.6) is 11.5 Å². The molecule has 0 radical (unpaired) electrons. The van der Waals surface area contributed by atoms with E-state index in [0.717, 1.165) is 18.1 Å². The fraction of sp³-hybridized carbons (Fsp3) is 0.550. The molecule has 2 N–H and O–H groups in total. The van der Waals surface area contributed by atoms with Gasteiger partial charge in [0.2, 0.25) is 0 Å². The number of aliphatic imine (C=N–C) groups is 1. The second kappa shape index (κ2) is 11.2. The maximum absolute atomic E-state index is 5.55. The van der Waals surface area contributed by atoms with E-state index in [9.17, 15) is 0 Å². The quantitative estimate of drug-likeness (QED) is 0.264. The topological polar surface area (TPSA) is 54.9 Å². The van der Waals surface area contributed by atoms with Crippen molar-refractivity contribution in [3.63, 3.8) is 0 Å². The molecule has 1 aromatic rings. The van der Waals surface area contributed by atoms with Crippen LogP contribution in [0.3, 0.4) is 0 Å². The van der Waals surface area contributed by atoms with Crippen LogP contribution in [-0.2, 0) is 6.54 Å². The second-order valence-corrected chi connectivity index (χ2v) is 6.46. The minimum atomic E-state index is 0. The maximum Gasteiger partial charge on any atom is 0.191 e. The number of terminal acetylenes is 1. The molecule has 0 aliphatic heterocycles. The summed E-state index contributed by atoms with van der Waals surface area (Å²) >= 11 is 0. The zero-order valence-electron chi connectivity index (χ0n) is 15.9. The SMILES string of the molecule is C#CCOc1cc(CNC(=NC)NCC2(CC)CCC2)ccc1OC.I. The highest BCUT2D eigenvalue weighted by Crippen LogP contribution is 2.43. The van der Waals surface area contributed by atoms with E-state index in [1.165, 1.54) is 25.7 Å². The number of ether oxygens (including phenoxy) is 2. The van der Waals surface area contributed by atoms with Gasteiger partial charge in [0, 0.05) is 20.1 Å². The van der Waals surface area contributed by atoms with E-state index >= 15 is 0 Å². The molecule has 6 heteroatoms. The zero-order valence-corrected chi connectivity index (χ0v) is 18.3. The van der Waals surface area contributed by atoms with E-state index in [0.29, 0.717) is 23.5 Å². The fourth-order valence-electron chi connectivity index (χ4n) is 3.07. The van der Waals surface area contributed by atoms with Crippen molar-refractivity contribution in [1.29, 1.82) is 0 Å². The number of guanidine groups is 1. The smallest absolute Gasteiger partial charge is 0.191 e. The Balaban J connectivity index is 0.00000338. The molecule has 0 heterocycles. The van der Waals surface area contributed by atoms with Gasteiger partial charge in [-0.3, -0.25) is 4.99 Å². The Bertz CT molecular complexity index is 631. The van der Waals surface area contributed by atoms with Crippen LogP contribution in [0.4, 0.5) is 0 Å². The van der Waals surface area contributed by atoms with Crippen molar-refractivity contribution in [2.45, 2.75) is 39.2 Å². The van der Waals surface area contributed by atoms with Gasteiger partial charge in [-0.2, -0.15) is 0 Å². The summed E-state index contributed by atoms with van der Waals surface area (Å²) in [5.74, 6) is 4.62. The molecule has 2 rings (SSSR count). The van der Waals surface area contributed by atoms with E-state index < -0.39 is 0 Å². The summed E-state index contributed by atoms with van der Waals surface area (Å²) in [5.41, 5.74) is 1.53. The van der Waals surface area contributed by atoms with E-state index in [1.54, 1.807) is 14.2 Å². The van der Waals surface area contributed by atoms with Crippen LogP contribution in [-0.4, -0.2) is 33.3 Å². The molecular formula is C20H30IN3O2. The standard InChI is InChI=1S/C20H29N3O2.HI/c1-5-12-25-18-13-16(8-9-17(18)24-4)14-22-19(21-3)23-15-20(6-2)10-7-11-20;/h1,8-9,13H,6-7,10-12,14-15H2,2-4H3,(H2,21,22,23);1H. The number of rotatable bonds is 8. The lowest BCUT2D eigenvalue weighted by atomic mass is 9.67. The molecule has 5 nitrogen and oxygen atoms in total. The Morgan fingerprint density at radius 2 is 2.08 bits per heavy atom. The Hall–Kier alpha value is -1.62. The van der Waals surface area contributed by atoms with Crippen LogP contribution in [0.2, 0.25) is 0 Å². The van der Waals surface area contributed by atoms with Gasteiger partial charge in [0.25, 0.3) is 0 Å². The van der Waals surface area contributed by atoms with E-state index in [-0.39, 0.29) is 30.6 Å². The predicted molar refractivity (Wildman–Crippen MR) is 118 cm³/mol. The van der Waals surface area contributed by atoms with Crippen molar-refractivity contribution in [2.75, 3.05) is 27.3 Å². The first kappa shape index (κ1) is 22.4. The molecule has 144 valence electrons. The number of hydrogen-bond acceptors (Lipinski definition) is 3. The third kappa shape index (κ3) is 5.97. The molecule has 1 aliphatic carbocycles. The highest BCUT2D eigenvalue weighted by atomic mass is 127. The minimum Gasteiger partial charge on any atom is -0.493 e. The summed E-state index contributed by atoms with van der Waals surface area (Å²) < 4.78 is 10.8. The molecule has 1 aliphatic rings. The van der Waals surface area contributed by atoms with Crippen molar-refractivity contribution in [3.8, 4) is 23.8 Å². The van der Waals surface area contributed by atoms with Crippen LogP contribution < -0.4 is 20.1 Å². The highest BCUT2D eigenvalue weighted by Gasteiger charge is 2.34. The van der Waals surface area contributed by atoms with Gasteiger partial charge in [0.15, 0.2) is 17.5 Å². The van der Waals surface area contributed by atoms with Gasteiger partial charge in [-0.05, 0) is 42.4 Å². The molecule has 0 amide bonds. The van der Waals surface area contributed by atoms with Crippen molar-refractivity contribution >= 4 is 29.9 Å². The van der Waals surface area contributed by atoms with Gasteiger partial charge >= 0.3 is 0 Å². The Labute approximate surface area is 174 Å². The number of halogens is 1. The minimum absolute atomic E-state index is 0. The largest absolute Gasteiger partial charge is 0.493 e. The molecule has 0 spiro atoms. The monoisotopic (exact) mass is 471 g/mol. The van der Waals surface area contributed by atoms with Gasteiger partial charge in [-0.15, -0.1) is 30.4 Å². The van der Waals surface area contributed by atoms with Crippen molar-refractivity contribution in [1.82, 2.24) is 10.6 Å². The van der Waals surface area contributed by atoms with Gasteiger partial charge in [0.1, 0.15) is 6.61 Å². The van der Waals surface area contributed by atoms with Gasteiger partial charge in [-0.25, -0.2) is 0 Å². The summed E-state index contributed by atoms with van der Waals surface area (Å²) in [4.78, 5) is 4.32. The lowest BCUT2D eigenvalue weighted by Gasteiger charge is -2.41. The predicted octanol–water partition coefficient (Wildman–Crippen LogP) is 3.57. The van der Waals surface area contributed by atoms with E-state index in [2.05, 4.69) is 28.5 Å². The van der Waals surface area contributed by atoms with Crippen molar-refractivity contribution in [2.24, 2.45) is 10.4 Å². The Morgan fingerprint density at radius 3 is 2.62 bits per heavy atom. The number of nitrogens with zero attached hydrogens (tertiary/aromatic N) is 1. The first-order valence-corrected chi connectivity index (χ1v) is 8.84. The molecule has 1 aromatic carbocycles. The first-order chi connectivity index (χ1) is 12.2. The average molecular weight is 471 g/mol.